The molecule has 0 bridgehead atoms. The third kappa shape index (κ3) is 8.31. The molecule has 0 aliphatic heterocycles. The summed E-state index contributed by atoms with van der Waals surface area (Å²) in [6.45, 7) is 4.43. The van der Waals surface area contributed by atoms with Gasteiger partial charge >= 0.3 is 10.1 Å². The Labute approximate surface area is 174 Å². The van der Waals surface area contributed by atoms with Gasteiger partial charge in [0.15, 0.2) is 0 Å². The summed E-state index contributed by atoms with van der Waals surface area (Å²) in [4.78, 5) is 14.6. The topological polar surface area (TPSA) is 76.8 Å². The van der Waals surface area contributed by atoms with Crippen molar-refractivity contribution in [3.05, 3.63) is 54.0 Å². The maximum absolute atomic E-state index is 12.8. The molecular weight excluding hydrogens is 390 g/mol. The van der Waals surface area contributed by atoms with Crippen LogP contribution in [-0.4, -0.2) is 25.0 Å². The third-order valence-corrected chi connectivity index (χ3v) is 5.78. The van der Waals surface area contributed by atoms with Crippen LogP contribution in [-0.2, 0) is 28.0 Å². The lowest BCUT2D eigenvalue weighted by atomic mass is 10.1. The van der Waals surface area contributed by atoms with Gasteiger partial charge in [-0.25, -0.2) is 0 Å². The van der Waals surface area contributed by atoms with Crippen molar-refractivity contribution in [3.8, 4) is 5.75 Å². The highest BCUT2D eigenvalue weighted by molar-refractivity contribution is 7.87. The number of benzene rings is 1. The predicted molar refractivity (Wildman–Crippen MR) is 113 cm³/mol. The highest BCUT2D eigenvalue weighted by Crippen LogP contribution is 2.19. The van der Waals surface area contributed by atoms with Crippen LogP contribution in [0.5, 0.6) is 5.75 Å². The van der Waals surface area contributed by atoms with E-state index in [1.165, 1.54) is 19.8 Å². The van der Waals surface area contributed by atoms with Crippen LogP contribution in [0.15, 0.2) is 47.1 Å². The van der Waals surface area contributed by atoms with Gasteiger partial charge < -0.3 is 13.5 Å². The first-order chi connectivity index (χ1) is 13.9. The molecular formula is C22H31NO5S. The van der Waals surface area contributed by atoms with Gasteiger partial charge in [-0.3, -0.25) is 4.79 Å². The first-order valence-electron chi connectivity index (χ1n) is 10.2. The molecule has 0 saturated carbocycles. The first-order valence-corrected chi connectivity index (χ1v) is 11.8. The fraction of sp³-hybridized carbons (Fsp3) is 0.500. The molecule has 160 valence electrons. The minimum absolute atomic E-state index is 0.0606. The van der Waals surface area contributed by atoms with Crippen molar-refractivity contribution in [1.82, 2.24) is 4.90 Å². The predicted octanol–water partition coefficient (Wildman–Crippen LogP) is 4.90. The molecule has 7 heteroatoms. The average molecular weight is 422 g/mol. The number of hydrogen-bond acceptors (Lipinski definition) is 5. The highest BCUT2D eigenvalue weighted by Gasteiger charge is 2.17. The number of amides is 1. The number of hydrogen-bond donors (Lipinski definition) is 0. The summed E-state index contributed by atoms with van der Waals surface area (Å²) in [5.41, 5.74) is 0.805. The van der Waals surface area contributed by atoms with Gasteiger partial charge in [-0.05, 0) is 43.2 Å². The Morgan fingerprint density at radius 2 is 1.83 bits per heavy atom. The molecule has 6 nitrogen and oxygen atoms in total. The zero-order valence-electron chi connectivity index (χ0n) is 17.3. The molecule has 1 aromatic heterocycles. The maximum Gasteiger partial charge on any atom is 0.308 e. The molecule has 0 aliphatic rings. The van der Waals surface area contributed by atoms with Crippen molar-refractivity contribution in [2.24, 2.45) is 0 Å². The molecule has 0 spiro atoms. The van der Waals surface area contributed by atoms with Crippen molar-refractivity contribution < 1.29 is 21.8 Å². The molecule has 0 radical (unpaired) electrons. The minimum atomic E-state index is -3.59. The van der Waals surface area contributed by atoms with E-state index in [4.69, 9.17) is 8.60 Å². The van der Waals surface area contributed by atoms with Crippen LogP contribution in [0.25, 0.3) is 0 Å². The Bertz CT molecular complexity index is 846. The Hall–Kier alpha value is -2.28. The fourth-order valence-corrected chi connectivity index (χ4v) is 3.50. The molecule has 0 N–H and O–H groups in total. The van der Waals surface area contributed by atoms with Crippen LogP contribution in [0, 0.1) is 0 Å². The van der Waals surface area contributed by atoms with Gasteiger partial charge in [0.2, 0.25) is 5.91 Å². The average Bonchev–Trinajstić information content (AvgIpc) is 3.20. The van der Waals surface area contributed by atoms with Crippen molar-refractivity contribution in [2.45, 2.75) is 65.5 Å². The van der Waals surface area contributed by atoms with Gasteiger partial charge in [0.05, 0.1) is 18.6 Å². The second kappa shape index (κ2) is 11.7. The lowest BCUT2D eigenvalue weighted by molar-refractivity contribution is -0.132. The van der Waals surface area contributed by atoms with Gasteiger partial charge in [0.1, 0.15) is 11.5 Å². The minimum Gasteiger partial charge on any atom is -0.467 e. The van der Waals surface area contributed by atoms with Gasteiger partial charge in [-0.1, -0.05) is 44.7 Å². The summed E-state index contributed by atoms with van der Waals surface area (Å²) in [7, 11) is -3.59. The number of nitrogens with zero attached hydrogens (tertiary/aromatic N) is 1. The summed E-state index contributed by atoms with van der Waals surface area (Å²) in [6, 6.07) is 10.5. The van der Waals surface area contributed by atoms with E-state index in [0.717, 1.165) is 24.8 Å². The van der Waals surface area contributed by atoms with Crippen molar-refractivity contribution in [3.63, 3.8) is 0 Å². The van der Waals surface area contributed by atoms with Crippen molar-refractivity contribution in [2.75, 3.05) is 5.75 Å². The Kier molecular flexibility index (Phi) is 9.25. The van der Waals surface area contributed by atoms with E-state index in [9.17, 15) is 13.2 Å². The number of carbonyl (C=O) groups excluding carboxylic acids is 1. The lowest BCUT2D eigenvalue weighted by Gasteiger charge is -2.22. The fourth-order valence-electron chi connectivity index (χ4n) is 2.98. The molecule has 0 saturated heterocycles. The van der Waals surface area contributed by atoms with Crippen molar-refractivity contribution in [1.29, 1.82) is 0 Å². The Morgan fingerprint density at radius 1 is 1.03 bits per heavy atom. The van der Waals surface area contributed by atoms with Gasteiger partial charge in [0.25, 0.3) is 0 Å². The van der Waals surface area contributed by atoms with E-state index in [1.54, 1.807) is 35.4 Å². The van der Waals surface area contributed by atoms with Gasteiger partial charge in [-0.15, -0.1) is 0 Å². The van der Waals surface area contributed by atoms with Crippen LogP contribution in [0.4, 0.5) is 0 Å². The molecule has 2 rings (SSSR count). The highest BCUT2D eigenvalue weighted by atomic mass is 32.2. The second-order valence-corrected chi connectivity index (χ2v) is 8.93. The molecule has 29 heavy (non-hydrogen) atoms. The normalized spacial score (nSPS) is 11.4. The summed E-state index contributed by atoms with van der Waals surface area (Å²) < 4.78 is 33.9. The SMILES string of the molecule is CCCCCCCC(=O)N(Cc1cccc(OS(=O)(=O)CC)c1)Cc1ccco1. The quantitative estimate of drug-likeness (QED) is 0.340. The third-order valence-electron chi connectivity index (χ3n) is 4.62. The standard InChI is InChI=1S/C22H31NO5S/c1-3-5-6-7-8-14-22(24)23(18-21-13-10-15-27-21)17-19-11-9-12-20(16-19)28-29(25,26)4-2/h9-13,15-16H,3-8,14,17-18H2,1-2H3. The number of furan rings is 1. The molecule has 0 aliphatic carbocycles. The molecule has 1 amide bonds. The summed E-state index contributed by atoms with van der Waals surface area (Å²) >= 11 is 0. The van der Waals surface area contributed by atoms with E-state index >= 15 is 0 Å². The summed E-state index contributed by atoms with van der Waals surface area (Å²) in [5, 5.41) is 0. The monoisotopic (exact) mass is 421 g/mol. The van der Waals surface area contributed by atoms with E-state index in [1.807, 2.05) is 12.1 Å². The Morgan fingerprint density at radius 3 is 2.52 bits per heavy atom. The van der Waals surface area contributed by atoms with E-state index in [-0.39, 0.29) is 17.4 Å². The molecule has 0 atom stereocenters. The molecule has 0 unspecified atom stereocenters. The van der Waals surface area contributed by atoms with Crippen LogP contribution >= 0.6 is 0 Å². The summed E-state index contributed by atoms with van der Waals surface area (Å²) in [6.07, 6.45) is 7.51. The smallest absolute Gasteiger partial charge is 0.308 e. The first kappa shape index (κ1) is 23.0. The van der Waals surface area contributed by atoms with Crippen LogP contribution in [0.3, 0.4) is 0 Å². The van der Waals surface area contributed by atoms with Crippen molar-refractivity contribution >= 4 is 16.0 Å². The van der Waals surface area contributed by atoms with Gasteiger partial charge in [-0.2, -0.15) is 8.42 Å². The van der Waals surface area contributed by atoms with E-state index in [2.05, 4.69) is 6.92 Å². The van der Waals surface area contributed by atoms with Gasteiger partial charge in [0, 0.05) is 13.0 Å². The zero-order chi connectivity index (χ0) is 21.1. The van der Waals surface area contributed by atoms with E-state index in [0.29, 0.717) is 25.3 Å². The molecule has 0 fully saturated rings. The summed E-state index contributed by atoms with van der Waals surface area (Å²) in [5.74, 6) is 0.934. The molecule has 1 heterocycles. The maximum atomic E-state index is 12.8. The number of unbranched alkanes of at least 4 members (excludes halogenated alkanes) is 4. The largest absolute Gasteiger partial charge is 0.467 e. The molecule has 2 aromatic rings. The lowest BCUT2D eigenvalue weighted by Crippen LogP contribution is -2.29. The zero-order valence-corrected chi connectivity index (χ0v) is 18.1. The van der Waals surface area contributed by atoms with Crippen LogP contribution < -0.4 is 4.18 Å². The van der Waals surface area contributed by atoms with Crippen LogP contribution in [0.1, 0.15) is 63.7 Å². The van der Waals surface area contributed by atoms with E-state index < -0.39 is 10.1 Å². The number of carbonyl (C=O) groups is 1. The second-order valence-electron chi connectivity index (χ2n) is 7.07. The molecule has 1 aromatic carbocycles. The van der Waals surface area contributed by atoms with Crippen LogP contribution in [0.2, 0.25) is 0 Å². The Balaban J connectivity index is 2.05. The number of rotatable bonds is 13.